The van der Waals surface area contributed by atoms with Crippen molar-refractivity contribution in [2.75, 3.05) is 19.6 Å². The predicted octanol–water partition coefficient (Wildman–Crippen LogP) is 3.57. The first kappa shape index (κ1) is 32.1. The molecule has 0 radical (unpaired) electrons. The maximum atomic E-state index is 13.4. The van der Waals surface area contributed by atoms with Crippen molar-refractivity contribution >= 4 is 30.0 Å². The van der Waals surface area contributed by atoms with Gasteiger partial charge in [-0.2, -0.15) is 0 Å². The predicted molar refractivity (Wildman–Crippen MR) is 166 cm³/mol. The normalized spacial score (nSPS) is 21.5. The largest absolute Gasteiger partial charge is 0.507 e. The van der Waals surface area contributed by atoms with Crippen molar-refractivity contribution < 1.29 is 19.5 Å². The number of rotatable bonds is 7. The van der Waals surface area contributed by atoms with Crippen LogP contribution in [0.5, 0.6) is 5.75 Å². The summed E-state index contributed by atoms with van der Waals surface area (Å²) >= 11 is 0. The molecule has 5 rings (SSSR count). The van der Waals surface area contributed by atoms with Gasteiger partial charge in [0.2, 0.25) is 0 Å². The van der Waals surface area contributed by atoms with E-state index in [1.165, 1.54) is 12.5 Å². The molecule has 1 unspecified atom stereocenters. The molecule has 3 aromatic rings. The third-order valence-electron chi connectivity index (χ3n) is 8.30. The number of hydrogen-bond acceptors (Lipinski definition) is 8. The molecular weight excluding hydrogens is 568 g/mol. The molecule has 10 nitrogen and oxygen atoms in total. The third kappa shape index (κ3) is 7.57. The number of nitrogens with one attached hydrogen (secondary N) is 4. The highest BCUT2D eigenvalue weighted by atomic mass is 35.5. The summed E-state index contributed by atoms with van der Waals surface area (Å²) in [5.41, 5.74) is 2.27. The van der Waals surface area contributed by atoms with Crippen LogP contribution in [-0.4, -0.2) is 64.4 Å². The van der Waals surface area contributed by atoms with Crippen LogP contribution in [0.3, 0.4) is 0 Å². The molecule has 2 aliphatic heterocycles. The lowest BCUT2D eigenvalue weighted by atomic mass is 9.74. The van der Waals surface area contributed by atoms with Crippen LogP contribution in [0.25, 0.3) is 0 Å². The summed E-state index contributed by atoms with van der Waals surface area (Å²) in [6, 6.07) is 12.7. The monoisotopic (exact) mass is 606 g/mol. The van der Waals surface area contributed by atoms with Crippen LogP contribution in [0.1, 0.15) is 87.9 Å². The third-order valence-corrected chi connectivity index (χ3v) is 8.30. The van der Waals surface area contributed by atoms with Crippen LogP contribution < -0.4 is 21.3 Å². The maximum Gasteiger partial charge on any atom is 0.270 e. The van der Waals surface area contributed by atoms with Crippen molar-refractivity contribution in [2.24, 2.45) is 5.41 Å². The lowest BCUT2D eigenvalue weighted by Gasteiger charge is -2.40. The van der Waals surface area contributed by atoms with Crippen LogP contribution >= 0.6 is 12.4 Å². The number of ketones is 1. The molecular formula is C32H39ClN6O4. The Labute approximate surface area is 257 Å². The average Bonchev–Trinajstić information content (AvgIpc) is 3.22. The number of amides is 2. The van der Waals surface area contributed by atoms with Gasteiger partial charge in [-0.25, -0.2) is 9.97 Å². The highest BCUT2D eigenvalue weighted by molar-refractivity contribution is 6.11. The van der Waals surface area contributed by atoms with E-state index in [0.29, 0.717) is 24.1 Å². The van der Waals surface area contributed by atoms with Gasteiger partial charge in [-0.15, -0.1) is 12.4 Å². The molecule has 2 saturated heterocycles. The SMILES string of the molecule is CC1(C)CCCNC1c1ccc(O)c(C(=O)c2ccc(C(=O)N[C@@H]3CCCNC[C@H]3NC(=O)c3ccncn3)cc2)c1.Cl. The van der Waals surface area contributed by atoms with E-state index >= 15 is 0 Å². The lowest BCUT2D eigenvalue weighted by Crippen LogP contribution is -2.54. The van der Waals surface area contributed by atoms with Crippen LogP contribution in [0, 0.1) is 5.41 Å². The molecule has 2 amide bonds. The topological polar surface area (TPSA) is 145 Å². The number of benzene rings is 2. The minimum atomic E-state index is -0.335. The number of piperidine rings is 1. The van der Waals surface area contributed by atoms with E-state index in [1.807, 2.05) is 6.07 Å². The molecule has 11 heteroatoms. The molecule has 43 heavy (non-hydrogen) atoms. The Hall–Kier alpha value is -3.86. The van der Waals surface area contributed by atoms with Gasteiger partial charge in [0, 0.05) is 29.9 Å². The number of halogens is 1. The van der Waals surface area contributed by atoms with Gasteiger partial charge in [0.05, 0.1) is 17.6 Å². The summed E-state index contributed by atoms with van der Waals surface area (Å²) in [4.78, 5) is 47.2. The standard InChI is InChI=1S/C32H38N6O4.ClH/c1-32(2)13-4-15-35-29(32)22-10-11-27(39)23(17-22)28(40)20-6-8-21(9-7-20)30(41)37-24-5-3-14-33-18-26(24)38-31(42)25-12-16-34-19-36-25;/h6-12,16-17,19,24,26,29,33,35,39H,3-5,13-15,18H2,1-2H3,(H,37,41)(H,38,42);1H/t24-,26-,29?;/m1./s1. The minimum Gasteiger partial charge on any atom is -0.507 e. The zero-order chi connectivity index (χ0) is 29.7. The molecule has 0 saturated carbocycles. The molecule has 228 valence electrons. The minimum absolute atomic E-state index is 0. The van der Waals surface area contributed by atoms with E-state index in [0.717, 1.165) is 37.9 Å². The van der Waals surface area contributed by atoms with Crippen molar-refractivity contribution in [1.82, 2.24) is 31.2 Å². The van der Waals surface area contributed by atoms with E-state index in [9.17, 15) is 19.5 Å². The Bertz CT molecular complexity index is 1430. The van der Waals surface area contributed by atoms with E-state index in [-0.39, 0.29) is 70.6 Å². The zero-order valence-electron chi connectivity index (χ0n) is 24.4. The number of carbonyl (C=O) groups is 3. The van der Waals surface area contributed by atoms with E-state index in [2.05, 4.69) is 45.1 Å². The number of phenolic OH excluding ortho intramolecular Hbond substituents is 1. The van der Waals surface area contributed by atoms with E-state index in [1.54, 1.807) is 42.5 Å². The molecule has 2 aromatic carbocycles. The Balaban J connectivity index is 0.00000423. The highest BCUT2D eigenvalue weighted by Gasteiger charge is 2.34. The van der Waals surface area contributed by atoms with Crippen molar-refractivity contribution in [1.29, 1.82) is 0 Å². The molecule has 5 N–H and O–H groups in total. The van der Waals surface area contributed by atoms with Gasteiger partial charge in [-0.05, 0) is 80.1 Å². The van der Waals surface area contributed by atoms with Gasteiger partial charge >= 0.3 is 0 Å². The molecule has 3 heterocycles. The van der Waals surface area contributed by atoms with Crippen molar-refractivity contribution in [3.8, 4) is 5.75 Å². The number of aromatic hydroxyl groups is 1. The Kier molecular flexibility index (Phi) is 10.5. The van der Waals surface area contributed by atoms with Crippen LogP contribution in [-0.2, 0) is 0 Å². The molecule has 3 atom stereocenters. The van der Waals surface area contributed by atoms with Crippen molar-refractivity contribution in [3.05, 3.63) is 89.0 Å². The maximum absolute atomic E-state index is 13.4. The Morgan fingerprint density at radius 2 is 1.67 bits per heavy atom. The van der Waals surface area contributed by atoms with E-state index in [4.69, 9.17) is 0 Å². The van der Waals surface area contributed by atoms with Gasteiger partial charge < -0.3 is 26.4 Å². The van der Waals surface area contributed by atoms with Crippen LogP contribution in [0.2, 0.25) is 0 Å². The second kappa shape index (κ2) is 14.1. The van der Waals surface area contributed by atoms with Crippen LogP contribution in [0.15, 0.2) is 61.1 Å². The first-order valence-electron chi connectivity index (χ1n) is 14.5. The molecule has 0 bridgehead atoms. The number of carbonyl (C=O) groups excluding carboxylic acids is 3. The summed E-state index contributed by atoms with van der Waals surface area (Å²) in [6.45, 7) is 6.62. The smallest absolute Gasteiger partial charge is 0.270 e. The first-order chi connectivity index (χ1) is 20.2. The quantitative estimate of drug-likeness (QED) is 0.257. The summed E-state index contributed by atoms with van der Waals surface area (Å²) in [6.07, 6.45) is 6.53. The number of nitrogens with zero attached hydrogens (tertiary/aromatic N) is 2. The van der Waals surface area contributed by atoms with Gasteiger partial charge in [0.15, 0.2) is 5.78 Å². The molecule has 2 fully saturated rings. The van der Waals surface area contributed by atoms with Crippen molar-refractivity contribution in [2.45, 2.75) is 57.7 Å². The second-order valence-electron chi connectivity index (χ2n) is 11.8. The number of hydrogen-bond donors (Lipinski definition) is 5. The van der Waals surface area contributed by atoms with Gasteiger partial charge in [-0.1, -0.05) is 32.0 Å². The molecule has 1 aromatic heterocycles. The average molecular weight is 607 g/mol. The molecule has 0 aliphatic carbocycles. The number of aromatic nitrogens is 2. The summed E-state index contributed by atoms with van der Waals surface area (Å²) in [7, 11) is 0. The van der Waals surface area contributed by atoms with Gasteiger partial charge in [0.1, 0.15) is 17.8 Å². The van der Waals surface area contributed by atoms with Crippen LogP contribution in [0.4, 0.5) is 0 Å². The van der Waals surface area contributed by atoms with E-state index < -0.39 is 0 Å². The summed E-state index contributed by atoms with van der Waals surface area (Å²) in [5, 5.41) is 23.5. The van der Waals surface area contributed by atoms with Gasteiger partial charge in [-0.3, -0.25) is 14.4 Å². The van der Waals surface area contributed by atoms with Crippen molar-refractivity contribution in [3.63, 3.8) is 0 Å². The Morgan fingerprint density at radius 1 is 0.930 bits per heavy atom. The fourth-order valence-corrected chi connectivity index (χ4v) is 5.92. The fraction of sp³-hybridized carbons (Fsp3) is 0.406. The molecule has 0 spiro atoms. The zero-order valence-corrected chi connectivity index (χ0v) is 25.2. The van der Waals surface area contributed by atoms with Gasteiger partial charge in [0.25, 0.3) is 11.8 Å². The lowest BCUT2D eigenvalue weighted by molar-refractivity contribution is 0.0880. The second-order valence-corrected chi connectivity index (χ2v) is 11.8. The first-order valence-corrected chi connectivity index (χ1v) is 14.5. The Morgan fingerprint density at radius 3 is 2.40 bits per heavy atom. The molecule has 2 aliphatic rings. The highest BCUT2D eigenvalue weighted by Crippen LogP contribution is 2.41. The summed E-state index contributed by atoms with van der Waals surface area (Å²) < 4.78 is 0. The fourth-order valence-electron chi connectivity index (χ4n) is 5.92. The summed E-state index contributed by atoms with van der Waals surface area (Å²) in [5.74, 6) is -1.01. The number of phenols is 1.